The van der Waals surface area contributed by atoms with Crippen LogP contribution in [0.25, 0.3) is 11.4 Å². The normalized spacial score (nSPS) is 16.3. The highest BCUT2D eigenvalue weighted by molar-refractivity contribution is 5.97. The van der Waals surface area contributed by atoms with E-state index in [2.05, 4.69) is 15.3 Å². The van der Waals surface area contributed by atoms with E-state index in [4.69, 9.17) is 0 Å². The number of imidazole rings is 1. The van der Waals surface area contributed by atoms with E-state index in [1.165, 1.54) is 12.1 Å². The Morgan fingerprint density at radius 1 is 1.26 bits per heavy atom. The number of aliphatic carboxylic acids is 1. The van der Waals surface area contributed by atoms with Crippen LogP contribution in [0.3, 0.4) is 0 Å². The molecule has 1 heterocycles. The van der Waals surface area contributed by atoms with Crippen LogP contribution in [0, 0.1) is 6.92 Å². The van der Waals surface area contributed by atoms with Gasteiger partial charge in [-0.2, -0.15) is 13.2 Å². The second-order valence-corrected chi connectivity index (χ2v) is 6.69. The Balaban J connectivity index is 1.89. The van der Waals surface area contributed by atoms with Gasteiger partial charge in [-0.1, -0.05) is 25.0 Å². The Morgan fingerprint density at radius 2 is 1.93 bits per heavy atom. The number of nitrogens with zero attached hydrogens (tertiary/aromatic N) is 1. The molecule has 9 heteroatoms. The maximum atomic E-state index is 12.9. The van der Waals surface area contributed by atoms with Gasteiger partial charge >= 0.3 is 12.1 Å². The number of hydrogen-bond donors (Lipinski definition) is 3. The summed E-state index contributed by atoms with van der Waals surface area (Å²) in [6.07, 6.45) is -2.44. The minimum atomic E-state index is -4.49. The van der Waals surface area contributed by atoms with Gasteiger partial charge in [0.15, 0.2) is 0 Å². The van der Waals surface area contributed by atoms with Gasteiger partial charge < -0.3 is 15.4 Å². The Morgan fingerprint density at radius 3 is 2.52 bits per heavy atom. The van der Waals surface area contributed by atoms with Gasteiger partial charge in [-0.15, -0.1) is 0 Å². The van der Waals surface area contributed by atoms with Gasteiger partial charge in [0.2, 0.25) is 0 Å². The molecule has 1 aliphatic carbocycles. The average Bonchev–Trinajstić information content (AvgIpc) is 3.22. The molecule has 0 unspecified atom stereocenters. The number of carbonyl (C=O) groups excluding carboxylic acids is 1. The molecule has 1 aliphatic rings. The van der Waals surface area contributed by atoms with Gasteiger partial charge in [-0.3, -0.25) is 4.79 Å². The Labute approximate surface area is 152 Å². The molecule has 0 saturated heterocycles. The van der Waals surface area contributed by atoms with Crippen LogP contribution < -0.4 is 5.32 Å². The molecule has 144 valence electrons. The number of carboxylic acid groups (broad SMARTS) is 1. The number of carboxylic acids is 1. The molecule has 0 bridgehead atoms. The van der Waals surface area contributed by atoms with E-state index in [0.29, 0.717) is 31.4 Å². The summed E-state index contributed by atoms with van der Waals surface area (Å²) < 4.78 is 38.7. The summed E-state index contributed by atoms with van der Waals surface area (Å²) in [5.41, 5.74) is -1.65. The summed E-state index contributed by atoms with van der Waals surface area (Å²) in [5.74, 6) is -1.65. The van der Waals surface area contributed by atoms with E-state index < -0.39 is 29.2 Å². The number of H-pyrrole nitrogens is 1. The van der Waals surface area contributed by atoms with Crippen molar-refractivity contribution in [2.45, 2.75) is 44.3 Å². The SMILES string of the molecule is Cc1[nH]c(-c2cccc(C(F)(F)F)c2)nc1C(=O)NC1(C(=O)O)CCCC1. The number of nitrogens with one attached hydrogen (secondary N) is 2. The lowest BCUT2D eigenvalue weighted by molar-refractivity contribution is -0.144. The van der Waals surface area contributed by atoms with Gasteiger partial charge in [0.25, 0.3) is 5.91 Å². The molecule has 1 aromatic heterocycles. The number of amides is 1. The smallest absolute Gasteiger partial charge is 0.416 e. The van der Waals surface area contributed by atoms with Crippen LogP contribution in [-0.2, 0) is 11.0 Å². The van der Waals surface area contributed by atoms with E-state index in [9.17, 15) is 27.9 Å². The minimum Gasteiger partial charge on any atom is -0.480 e. The highest BCUT2D eigenvalue weighted by atomic mass is 19.4. The third-order valence-electron chi connectivity index (χ3n) is 4.78. The fourth-order valence-electron chi connectivity index (χ4n) is 3.31. The molecule has 2 aromatic rings. The summed E-state index contributed by atoms with van der Waals surface area (Å²) in [7, 11) is 0. The highest BCUT2D eigenvalue weighted by Crippen LogP contribution is 2.32. The molecule has 3 rings (SSSR count). The van der Waals surface area contributed by atoms with Crippen LogP contribution in [-0.4, -0.2) is 32.5 Å². The molecule has 0 aliphatic heterocycles. The quantitative estimate of drug-likeness (QED) is 0.755. The average molecular weight is 381 g/mol. The maximum Gasteiger partial charge on any atom is 0.416 e. The fourth-order valence-corrected chi connectivity index (χ4v) is 3.31. The van der Waals surface area contributed by atoms with Crippen molar-refractivity contribution >= 4 is 11.9 Å². The second-order valence-electron chi connectivity index (χ2n) is 6.69. The summed E-state index contributed by atoms with van der Waals surface area (Å²) in [6.45, 7) is 1.56. The Bertz CT molecular complexity index is 883. The molecular formula is C18H18F3N3O3. The molecule has 27 heavy (non-hydrogen) atoms. The number of aryl methyl sites for hydroxylation is 1. The number of hydrogen-bond acceptors (Lipinski definition) is 3. The largest absolute Gasteiger partial charge is 0.480 e. The molecule has 1 amide bonds. The van der Waals surface area contributed by atoms with Crippen molar-refractivity contribution in [1.29, 1.82) is 0 Å². The van der Waals surface area contributed by atoms with Crippen LogP contribution in [0.1, 0.15) is 47.4 Å². The molecular weight excluding hydrogens is 363 g/mol. The zero-order valence-corrected chi connectivity index (χ0v) is 14.5. The van der Waals surface area contributed by atoms with E-state index in [0.717, 1.165) is 12.1 Å². The highest BCUT2D eigenvalue weighted by Gasteiger charge is 2.43. The van der Waals surface area contributed by atoms with E-state index >= 15 is 0 Å². The van der Waals surface area contributed by atoms with Gasteiger partial charge in [0, 0.05) is 11.3 Å². The Kier molecular flexibility index (Phi) is 4.71. The van der Waals surface area contributed by atoms with Crippen molar-refractivity contribution in [1.82, 2.24) is 15.3 Å². The topological polar surface area (TPSA) is 95.1 Å². The number of rotatable bonds is 4. The lowest BCUT2D eigenvalue weighted by Gasteiger charge is -2.24. The van der Waals surface area contributed by atoms with Crippen molar-refractivity contribution < 1.29 is 27.9 Å². The molecule has 1 aromatic carbocycles. The second kappa shape index (κ2) is 6.71. The van der Waals surface area contributed by atoms with Crippen molar-refractivity contribution in [3.8, 4) is 11.4 Å². The first-order valence-corrected chi connectivity index (χ1v) is 8.42. The lowest BCUT2D eigenvalue weighted by Crippen LogP contribution is -2.52. The number of halogens is 3. The van der Waals surface area contributed by atoms with Gasteiger partial charge in [-0.25, -0.2) is 9.78 Å². The number of benzene rings is 1. The van der Waals surface area contributed by atoms with Gasteiger partial charge in [0.05, 0.1) is 5.56 Å². The fraction of sp³-hybridized carbons (Fsp3) is 0.389. The number of aromatic nitrogens is 2. The number of carbonyl (C=O) groups is 2. The maximum absolute atomic E-state index is 12.9. The van der Waals surface area contributed by atoms with Crippen molar-refractivity contribution in [2.24, 2.45) is 0 Å². The van der Waals surface area contributed by atoms with E-state index in [-0.39, 0.29) is 17.1 Å². The molecule has 6 nitrogen and oxygen atoms in total. The Hall–Kier alpha value is -2.84. The molecule has 3 N–H and O–H groups in total. The van der Waals surface area contributed by atoms with Crippen LogP contribution >= 0.6 is 0 Å². The molecule has 1 saturated carbocycles. The number of aromatic amines is 1. The first-order valence-electron chi connectivity index (χ1n) is 8.42. The predicted octanol–water partition coefficient (Wildman–Crippen LogP) is 3.53. The third kappa shape index (κ3) is 3.67. The molecule has 0 radical (unpaired) electrons. The summed E-state index contributed by atoms with van der Waals surface area (Å²) in [4.78, 5) is 31.1. The van der Waals surface area contributed by atoms with Crippen LogP contribution in [0.5, 0.6) is 0 Å². The van der Waals surface area contributed by atoms with Crippen molar-refractivity contribution in [3.63, 3.8) is 0 Å². The zero-order chi connectivity index (χ0) is 19.8. The zero-order valence-electron chi connectivity index (χ0n) is 14.5. The molecule has 0 spiro atoms. The lowest BCUT2D eigenvalue weighted by atomic mass is 9.97. The van der Waals surface area contributed by atoms with Gasteiger partial charge in [-0.05, 0) is 31.9 Å². The van der Waals surface area contributed by atoms with Crippen molar-refractivity contribution in [3.05, 3.63) is 41.2 Å². The van der Waals surface area contributed by atoms with Crippen LogP contribution in [0.4, 0.5) is 13.2 Å². The first kappa shape index (κ1) is 18.9. The van der Waals surface area contributed by atoms with Crippen LogP contribution in [0.2, 0.25) is 0 Å². The van der Waals surface area contributed by atoms with Crippen LogP contribution in [0.15, 0.2) is 24.3 Å². The molecule has 1 fully saturated rings. The van der Waals surface area contributed by atoms with E-state index in [1.807, 2.05) is 0 Å². The first-order chi connectivity index (χ1) is 12.6. The summed E-state index contributed by atoms with van der Waals surface area (Å²) in [5, 5.41) is 12.0. The monoisotopic (exact) mass is 381 g/mol. The molecule has 0 atom stereocenters. The van der Waals surface area contributed by atoms with Gasteiger partial charge in [0.1, 0.15) is 17.1 Å². The van der Waals surface area contributed by atoms with Crippen molar-refractivity contribution in [2.75, 3.05) is 0 Å². The summed E-state index contributed by atoms with van der Waals surface area (Å²) >= 11 is 0. The number of alkyl halides is 3. The summed E-state index contributed by atoms with van der Waals surface area (Å²) in [6, 6.07) is 4.60. The van der Waals surface area contributed by atoms with E-state index in [1.54, 1.807) is 6.92 Å². The third-order valence-corrected chi connectivity index (χ3v) is 4.78. The standard InChI is InChI=1S/C18H18F3N3O3/c1-10-13(15(25)24-17(16(26)27)7-2-3-8-17)23-14(22-10)11-5-4-6-12(9-11)18(19,20)21/h4-6,9H,2-3,7-8H2,1H3,(H,22,23)(H,24,25)(H,26,27). The predicted molar refractivity (Wildman–Crippen MR) is 90.1 cm³/mol. The minimum absolute atomic E-state index is 0.0325.